The van der Waals surface area contributed by atoms with Crippen LogP contribution >= 0.6 is 0 Å². The van der Waals surface area contributed by atoms with Gasteiger partial charge in [0.15, 0.2) is 0 Å². The molecule has 0 saturated carbocycles. The van der Waals surface area contributed by atoms with Crippen LogP contribution in [-0.4, -0.2) is 56.6 Å². The van der Waals surface area contributed by atoms with Gasteiger partial charge in [0, 0.05) is 24.8 Å². The van der Waals surface area contributed by atoms with E-state index in [1.165, 1.54) is 30.7 Å². The van der Waals surface area contributed by atoms with E-state index in [1.807, 2.05) is 12.1 Å². The second-order valence-corrected chi connectivity index (χ2v) is 11.1. The van der Waals surface area contributed by atoms with Gasteiger partial charge in [0.2, 0.25) is 10.0 Å². The topological polar surface area (TPSA) is 105 Å². The molecule has 1 saturated heterocycles. The molecule has 3 rings (SSSR count). The van der Waals surface area contributed by atoms with Crippen molar-refractivity contribution in [1.29, 1.82) is 0 Å². The van der Waals surface area contributed by atoms with E-state index in [4.69, 9.17) is 9.47 Å². The lowest BCUT2D eigenvalue weighted by Crippen LogP contribution is -2.52. The maximum Gasteiger partial charge on any atom is 0.256 e. The number of nitrogens with zero attached hydrogens (tertiary/aromatic N) is 1. The first-order chi connectivity index (χ1) is 15.4. The van der Waals surface area contributed by atoms with Crippen molar-refractivity contribution < 1.29 is 27.8 Å². The third-order valence-electron chi connectivity index (χ3n) is 5.97. The van der Waals surface area contributed by atoms with Crippen molar-refractivity contribution in [3.8, 4) is 11.5 Å². The summed E-state index contributed by atoms with van der Waals surface area (Å²) in [4.78, 5) is 12.8. The smallest absolute Gasteiger partial charge is 0.256 e. The highest BCUT2D eigenvalue weighted by molar-refractivity contribution is 7.89. The minimum atomic E-state index is -3.87. The molecule has 1 aliphatic rings. The summed E-state index contributed by atoms with van der Waals surface area (Å²) in [5, 5.41) is 13.7. The van der Waals surface area contributed by atoms with Gasteiger partial charge in [-0.25, -0.2) is 8.42 Å². The lowest BCUT2D eigenvalue weighted by molar-refractivity contribution is -0.137. The van der Waals surface area contributed by atoms with E-state index in [9.17, 15) is 18.3 Å². The van der Waals surface area contributed by atoms with Crippen LogP contribution in [0.25, 0.3) is 0 Å². The van der Waals surface area contributed by atoms with E-state index in [2.05, 4.69) is 26.1 Å². The largest absolute Gasteiger partial charge is 0.497 e. The summed E-state index contributed by atoms with van der Waals surface area (Å²) in [6.45, 7) is 6.32. The first-order valence-corrected chi connectivity index (χ1v) is 12.2. The van der Waals surface area contributed by atoms with Gasteiger partial charge in [0.05, 0.1) is 14.2 Å². The first-order valence-electron chi connectivity index (χ1n) is 10.8. The van der Waals surface area contributed by atoms with E-state index in [1.54, 1.807) is 18.2 Å². The number of carbonyl (C=O) groups is 1. The third-order valence-corrected chi connectivity index (χ3v) is 7.91. The summed E-state index contributed by atoms with van der Waals surface area (Å²) < 4.78 is 38.0. The summed E-state index contributed by atoms with van der Waals surface area (Å²) >= 11 is 0. The van der Waals surface area contributed by atoms with Gasteiger partial charge in [-0.15, -0.1) is 0 Å². The molecule has 1 heterocycles. The second-order valence-electron chi connectivity index (χ2n) is 9.23. The van der Waals surface area contributed by atoms with E-state index in [0.717, 1.165) is 5.56 Å². The van der Waals surface area contributed by atoms with Crippen molar-refractivity contribution in [2.24, 2.45) is 0 Å². The number of methoxy groups -OCH3 is 2. The van der Waals surface area contributed by atoms with Gasteiger partial charge in [-0.05, 0) is 48.1 Å². The molecule has 2 N–H and O–H groups in total. The lowest BCUT2D eigenvalue weighted by Gasteiger charge is -2.36. The van der Waals surface area contributed by atoms with Gasteiger partial charge in [0.25, 0.3) is 5.91 Å². The van der Waals surface area contributed by atoms with Crippen LogP contribution in [-0.2, 0) is 20.2 Å². The molecular weight excluding hydrogens is 444 g/mol. The van der Waals surface area contributed by atoms with Gasteiger partial charge in [-0.1, -0.05) is 32.9 Å². The molecule has 0 radical (unpaired) electrons. The number of nitrogens with one attached hydrogen (secondary N) is 1. The quantitative estimate of drug-likeness (QED) is 0.664. The van der Waals surface area contributed by atoms with Gasteiger partial charge < -0.3 is 19.9 Å². The highest BCUT2D eigenvalue weighted by Gasteiger charge is 2.43. The molecule has 33 heavy (non-hydrogen) atoms. The average Bonchev–Trinajstić information content (AvgIpc) is 2.78. The number of ether oxygens (including phenoxy) is 2. The zero-order chi connectivity index (χ0) is 24.4. The summed E-state index contributed by atoms with van der Waals surface area (Å²) in [5.74, 6) is 0.114. The Hall–Kier alpha value is -2.62. The van der Waals surface area contributed by atoms with Crippen LogP contribution in [0.3, 0.4) is 0 Å². The zero-order valence-electron chi connectivity index (χ0n) is 19.7. The number of hydrogen-bond acceptors (Lipinski definition) is 6. The van der Waals surface area contributed by atoms with Crippen molar-refractivity contribution in [3.63, 3.8) is 0 Å². The van der Waals surface area contributed by atoms with Crippen molar-refractivity contribution >= 4 is 21.6 Å². The number of anilines is 1. The fourth-order valence-electron chi connectivity index (χ4n) is 3.75. The monoisotopic (exact) mass is 476 g/mol. The van der Waals surface area contributed by atoms with Crippen molar-refractivity contribution in [2.75, 3.05) is 32.6 Å². The average molecular weight is 477 g/mol. The predicted octanol–water partition coefficient (Wildman–Crippen LogP) is 3.16. The number of sulfonamides is 1. The highest BCUT2D eigenvalue weighted by atomic mass is 32.2. The number of piperidine rings is 1. The molecule has 8 nitrogen and oxygen atoms in total. The molecule has 1 amide bonds. The number of rotatable bonds is 6. The third kappa shape index (κ3) is 5.31. The fraction of sp³-hybridized carbons (Fsp3) is 0.458. The SMILES string of the molecule is COc1ccc(S(=O)(=O)N2CCC(O)(C(=O)Nc3ccc(C(C)(C)C)cc3)CC2)c(OC)c1. The Kier molecular flexibility index (Phi) is 7.07. The van der Waals surface area contributed by atoms with Gasteiger partial charge >= 0.3 is 0 Å². The number of amides is 1. The van der Waals surface area contributed by atoms with E-state index < -0.39 is 21.5 Å². The van der Waals surface area contributed by atoms with Crippen LogP contribution in [0.5, 0.6) is 11.5 Å². The van der Waals surface area contributed by atoms with Gasteiger partial charge in [-0.3, -0.25) is 4.79 Å². The molecule has 9 heteroatoms. The molecule has 2 aromatic carbocycles. The Balaban J connectivity index is 1.69. The van der Waals surface area contributed by atoms with Crippen molar-refractivity contribution in [2.45, 2.75) is 49.5 Å². The molecule has 180 valence electrons. The Bertz CT molecular complexity index is 1100. The number of carbonyl (C=O) groups excluding carboxylic acids is 1. The van der Waals surface area contributed by atoms with Crippen LogP contribution in [0.1, 0.15) is 39.2 Å². The molecule has 1 aliphatic heterocycles. The molecule has 0 aromatic heterocycles. The van der Waals surface area contributed by atoms with E-state index in [-0.39, 0.29) is 42.0 Å². The summed E-state index contributed by atoms with van der Waals surface area (Å²) in [7, 11) is -0.999. The lowest BCUT2D eigenvalue weighted by atomic mass is 9.87. The van der Waals surface area contributed by atoms with Crippen LogP contribution in [0.15, 0.2) is 47.4 Å². The Morgan fingerprint density at radius 1 is 1.03 bits per heavy atom. The molecular formula is C24H32N2O6S. The minimum absolute atomic E-state index is 0.00436. The van der Waals surface area contributed by atoms with Gasteiger partial charge in [-0.2, -0.15) is 4.31 Å². The van der Waals surface area contributed by atoms with Crippen LogP contribution < -0.4 is 14.8 Å². The molecule has 0 spiro atoms. The standard InChI is InChI=1S/C24H32N2O6S/c1-23(2,3)17-6-8-18(9-7-17)25-22(27)24(28)12-14-26(15-13-24)33(29,30)21-11-10-19(31-4)16-20(21)32-5/h6-11,16,28H,12-15H2,1-5H3,(H,25,27). The van der Waals surface area contributed by atoms with Crippen molar-refractivity contribution in [3.05, 3.63) is 48.0 Å². The number of aliphatic hydroxyl groups is 1. The predicted molar refractivity (Wildman–Crippen MR) is 126 cm³/mol. The summed E-state index contributed by atoms with van der Waals surface area (Å²) in [6, 6.07) is 12.0. The second kappa shape index (κ2) is 9.32. The Labute approximate surface area is 195 Å². The molecule has 0 bridgehead atoms. The normalized spacial score (nSPS) is 16.8. The maximum absolute atomic E-state index is 13.2. The van der Waals surface area contributed by atoms with Crippen LogP contribution in [0.4, 0.5) is 5.69 Å². The Morgan fingerprint density at radius 2 is 1.64 bits per heavy atom. The summed E-state index contributed by atoms with van der Waals surface area (Å²) in [5.41, 5.74) is 0.0516. The molecule has 0 atom stereocenters. The van der Waals surface area contributed by atoms with Crippen LogP contribution in [0.2, 0.25) is 0 Å². The highest BCUT2D eigenvalue weighted by Crippen LogP contribution is 2.34. The molecule has 2 aromatic rings. The number of benzene rings is 2. The van der Waals surface area contributed by atoms with E-state index >= 15 is 0 Å². The fourth-order valence-corrected chi connectivity index (χ4v) is 5.33. The molecule has 0 unspecified atom stereocenters. The molecule has 0 aliphatic carbocycles. The molecule has 1 fully saturated rings. The number of hydrogen-bond donors (Lipinski definition) is 2. The maximum atomic E-state index is 13.2. The summed E-state index contributed by atoms with van der Waals surface area (Å²) in [6.07, 6.45) is -0.0345. The van der Waals surface area contributed by atoms with Gasteiger partial charge in [0.1, 0.15) is 22.0 Å². The first kappa shape index (κ1) is 25.0. The van der Waals surface area contributed by atoms with E-state index in [0.29, 0.717) is 11.4 Å². The van der Waals surface area contributed by atoms with Crippen molar-refractivity contribution in [1.82, 2.24) is 4.31 Å². The zero-order valence-corrected chi connectivity index (χ0v) is 20.5. The minimum Gasteiger partial charge on any atom is -0.497 e. The Morgan fingerprint density at radius 3 is 2.15 bits per heavy atom. The van der Waals surface area contributed by atoms with Crippen LogP contribution in [0, 0.1) is 0 Å².